The molecule has 1 amide bonds. The summed E-state index contributed by atoms with van der Waals surface area (Å²) in [5, 5.41) is 19.6. The Labute approximate surface area is 148 Å². The zero-order valence-electron chi connectivity index (χ0n) is 13.4. The van der Waals surface area contributed by atoms with Crippen LogP contribution in [-0.4, -0.2) is 28.4 Å². The summed E-state index contributed by atoms with van der Waals surface area (Å²) in [7, 11) is 0. The number of nitrogens with one attached hydrogen (secondary N) is 1. The quantitative estimate of drug-likeness (QED) is 0.627. The molecule has 2 aromatic heterocycles. The van der Waals surface area contributed by atoms with Gasteiger partial charge in [-0.1, -0.05) is 18.7 Å². The summed E-state index contributed by atoms with van der Waals surface area (Å²) in [4.78, 5) is 14.0. The predicted molar refractivity (Wildman–Crippen MR) is 92.8 cm³/mol. The van der Waals surface area contributed by atoms with Crippen LogP contribution in [0.2, 0.25) is 0 Å². The minimum atomic E-state index is -0.143. The van der Waals surface area contributed by atoms with E-state index >= 15 is 0 Å². The van der Waals surface area contributed by atoms with E-state index < -0.39 is 0 Å². The summed E-state index contributed by atoms with van der Waals surface area (Å²) in [6.07, 6.45) is 3.78. The molecule has 0 saturated heterocycles. The fourth-order valence-corrected chi connectivity index (χ4v) is 4.34. The molecule has 1 aliphatic carbocycles. The van der Waals surface area contributed by atoms with Gasteiger partial charge in [-0.3, -0.25) is 4.79 Å². The second-order valence-electron chi connectivity index (χ2n) is 5.83. The summed E-state index contributed by atoms with van der Waals surface area (Å²) >= 11 is 2.93. The summed E-state index contributed by atoms with van der Waals surface area (Å²) in [5.74, 6) is 1.31. The molecule has 1 unspecified atom stereocenters. The zero-order valence-corrected chi connectivity index (χ0v) is 15.0. The maximum Gasteiger partial charge on any atom is 0.277 e. The number of aromatic nitrogens is 2. The fraction of sp³-hybridized carbons (Fsp3) is 0.500. The van der Waals surface area contributed by atoms with E-state index in [9.17, 15) is 4.79 Å². The van der Waals surface area contributed by atoms with Crippen LogP contribution in [0.1, 0.15) is 30.2 Å². The highest BCUT2D eigenvalue weighted by molar-refractivity contribution is 7.99. The molecule has 8 heteroatoms. The van der Waals surface area contributed by atoms with Gasteiger partial charge in [-0.25, -0.2) is 0 Å². The lowest BCUT2D eigenvalue weighted by molar-refractivity contribution is -0.118. The Hall–Kier alpha value is -1.85. The summed E-state index contributed by atoms with van der Waals surface area (Å²) in [5.41, 5.74) is 1.40. The van der Waals surface area contributed by atoms with Crippen molar-refractivity contribution in [2.75, 3.05) is 12.3 Å². The zero-order chi connectivity index (χ0) is 16.9. The number of nitrogens with zero attached hydrogens (tertiary/aromatic N) is 3. The molecule has 1 atom stereocenters. The Balaban J connectivity index is 1.58. The number of nitriles is 1. The van der Waals surface area contributed by atoms with Gasteiger partial charge in [-0.15, -0.1) is 21.5 Å². The van der Waals surface area contributed by atoms with Gasteiger partial charge < -0.3 is 9.73 Å². The van der Waals surface area contributed by atoms with Crippen LogP contribution in [0.3, 0.4) is 0 Å². The second-order valence-corrected chi connectivity index (χ2v) is 7.89. The van der Waals surface area contributed by atoms with Crippen LogP contribution in [0.4, 0.5) is 0 Å². The van der Waals surface area contributed by atoms with Crippen LogP contribution in [0, 0.1) is 17.2 Å². The van der Waals surface area contributed by atoms with Crippen LogP contribution in [0.25, 0.3) is 10.8 Å². The number of aryl methyl sites for hydroxylation is 1. The summed E-state index contributed by atoms with van der Waals surface area (Å²) < 4.78 is 5.67. The first-order valence-corrected chi connectivity index (χ1v) is 9.68. The van der Waals surface area contributed by atoms with Gasteiger partial charge in [0.1, 0.15) is 0 Å². The van der Waals surface area contributed by atoms with Gasteiger partial charge in [0.05, 0.1) is 23.1 Å². The van der Waals surface area contributed by atoms with E-state index in [4.69, 9.17) is 9.68 Å². The molecule has 0 spiro atoms. The average molecular weight is 362 g/mol. The Bertz CT molecular complexity index is 762. The number of thiophene rings is 1. The van der Waals surface area contributed by atoms with Gasteiger partial charge in [-0.05, 0) is 36.8 Å². The number of fused-ring (bicyclic) bond motifs is 1. The molecule has 2 aromatic rings. The molecule has 2 heterocycles. The van der Waals surface area contributed by atoms with Gasteiger partial charge in [0.25, 0.3) is 11.1 Å². The highest BCUT2D eigenvalue weighted by atomic mass is 32.2. The van der Waals surface area contributed by atoms with Gasteiger partial charge >= 0.3 is 0 Å². The monoisotopic (exact) mass is 362 g/mol. The van der Waals surface area contributed by atoms with E-state index in [1.807, 2.05) is 6.07 Å². The average Bonchev–Trinajstić information content (AvgIpc) is 3.19. The molecule has 0 aromatic carbocycles. The van der Waals surface area contributed by atoms with Crippen molar-refractivity contribution in [3.8, 4) is 16.8 Å². The molecule has 1 aliphatic rings. The standard InChI is InChI=1S/C16H18N4O2S2/c1-10-3-4-12-11(7-10)8-13(24-12)15-19-20-16(22-15)23-9-14(21)18-6-2-5-17/h8,10H,2-4,6-7,9H2,1H3,(H,18,21). The molecular weight excluding hydrogens is 344 g/mol. The number of rotatable bonds is 6. The van der Waals surface area contributed by atoms with E-state index in [0.29, 0.717) is 24.1 Å². The van der Waals surface area contributed by atoms with Crippen LogP contribution in [0.15, 0.2) is 15.7 Å². The highest BCUT2D eigenvalue weighted by Crippen LogP contribution is 2.37. The van der Waals surface area contributed by atoms with E-state index in [1.54, 1.807) is 11.3 Å². The molecule has 0 saturated carbocycles. The lowest BCUT2D eigenvalue weighted by Gasteiger charge is -2.16. The van der Waals surface area contributed by atoms with Crippen molar-refractivity contribution in [3.05, 3.63) is 16.5 Å². The van der Waals surface area contributed by atoms with Crippen LogP contribution in [0.5, 0.6) is 0 Å². The van der Waals surface area contributed by atoms with Gasteiger partial charge in [0.2, 0.25) is 5.91 Å². The molecule has 126 valence electrons. The molecule has 0 radical (unpaired) electrons. The Morgan fingerprint density at radius 1 is 1.58 bits per heavy atom. The molecule has 1 N–H and O–H groups in total. The molecular formula is C16H18N4O2S2. The van der Waals surface area contributed by atoms with Gasteiger partial charge in [-0.2, -0.15) is 5.26 Å². The van der Waals surface area contributed by atoms with E-state index in [2.05, 4.69) is 28.5 Å². The number of thioether (sulfide) groups is 1. The van der Waals surface area contributed by atoms with Crippen molar-refractivity contribution in [2.24, 2.45) is 5.92 Å². The number of carbonyl (C=O) groups excluding carboxylic acids is 1. The SMILES string of the molecule is CC1CCc2sc(-c3nnc(SCC(=O)NCCC#N)o3)cc2C1. The van der Waals surface area contributed by atoms with Crippen molar-refractivity contribution < 1.29 is 9.21 Å². The van der Waals surface area contributed by atoms with Gasteiger partial charge in [0.15, 0.2) is 0 Å². The van der Waals surface area contributed by atoms with Crippen LogP contribution >= 0.6 is 23.1 Å². The minimum Gasteiger partial charge on any atom is -0.410 e. The van der Waals surface area contributed by atoms with Gasteiger partial charge in [0, 0.05) is 11.4 Å². The smallest absolute Gasteiger partial charge is 0.277 e. The fourth-order valence-electron chi connectivity index (χ4n) is 2.61. The normalized spacial score (nSPS) is 16.4. The first kappa shape index (κ1) is 17.0. The van der Waals surface area contributed by atoms with Crippen molar-refractivity contribution in [3.63, 3.8) is 0 Å². The molecule has 0 aliphatic heterocycles. The lowest BCUT2D eigenvalue weighted by Crippen LogP contribution is -2.25. The molecule has 24 heavy (non-hydrogen) atoms. The Morgan fingerprint density at radius 3 is 3.29 bits per heavy atom. The highest BCUT2D eigenvalue weighted by Gasteiger charge is 2.21. The number of hydrogen-bond acceptors (Lipinski definition) is 7. The van der Waals surface area contributed by atoms with E-state index in [-0.39, 0.29) is 11.7 Å². The van der Waals surface area contributed by atoms with E-state index in [1.165, 1.54) is 28.6 Å². The van der Waals surface area contributed by atoms with Crippen molar-refractivity contribution in [1.82, 2.24) is 15.5 Å². The summed E-state index contributed by atoms with van der Waals surface area (Å²) in [6.45, 7) is 2.65. The topological polar surface area (TPSA) is 91.8 Å². The molecule has 3 rings (SSSR count). The maximum atomic E-state index is 11.6. The molecule has 0 bridgehead atoms. The van der Waals surface area contributed by atoms with Crippen molar-refractivity contribution in [1.29, 1.82) is 5.26 Å². The third-order valence-corrected chi connectivity index (χ3v) is 5.88. The number of carbonyl (C=O) groups is 1. The third kappa shape index (κ3) is 4.16. The minimum absolute atomic E-state index is 0.143. The van der Waals surface area contributed by atoms with Crippen molar-refractivity contribution in [2.45, 2.75) is 37.8 Å². The van der Waals surface area contributed by atoms with E-state index in [0.717, 1.165) is 23.6 Å². The Kier molecular flexibility index (Phi) is 5.53. The lowest BCUT2D eigenvalue weighted by atomic mass is 9.90. The van der Waals surface area contributed by atoms with Crippen LogP contribution < -0.4 is 5.32 Å². The third-order valence-electron chi connectivity index (χ3n) is 3.83. The number of amides is 1. The Morgan fingerprint density at radius 2 is 2.46 bits per heavy atom. The van der Waals surface area contributed by atoms with Crippen molar-refractivity contribution >= 4 is 29.0 Å². The molecule has 0 fully saturated rings. The largest absolute Gasteiger partial charge is 0.410 e. The number of hydrogen-bond donors (Lipinski definition) is 1. The maximum absolute atomic E-state index is 11.6. The predicted octanol–water partition coefficient (Wildman–Crippen LogP) is 3.04. The summed E-state index contributed by atoms with van der Waals surface area (Å²) in [6, 6.07) is 4.14. The molecule has 6 nitrogen and oxygen atoms in total. The second kappa shape index (κ2) is 7.81. The first-order chi connectivity index (χ1) is 11.7. The van der Waals surface area contributed by atoms with Crippen LogP contribution in [-0.2, 0) is 17.6 Å². The first-order valence-electron chi connectivity index (χ1n) is 7.87.